The van der Waals surface area contributed by atoms with Crippen molar-refractivity contribution in [2.75, 3.05) is 0 Å². The molecule has 0 atom stereocenters. The highest BCUT2D eigenvalue weighted by atomic mass is 14.2. The molecule has 0 aliphatic heterocycles. The van der Waals surface area contributed by atoms with Crippen molar-refractivity contribution in [1.29, 1.82) is 5.26 Å². The summed E-state index contributed by atoms with van der Waals surface area (Å²) < 4.78 is 0. The minimum absolute atomic E-state index is 0.646. The van der Waals surface area contributed by atoms with E-state index >= 15 is 0 Å². The molecule has 1 heteroatoms. The zero-order chi connectivity index (χ0) is 6.41. The molecule has 0 rings (SSSR count). The predicted octanol–water partition coefficient (Wildman–Crippen LogP) is 2.29. The largest absolute Gasteiger partial charge is 0.198 e. The van der Waals surface area contributed by atoms with Crippen molar-refractivity contribution in [1.82, 2.24) is 0 Å². The van der Waals surface area contributed by atoms with Gasteiger partial charge in [-0.05, 0) is 18.8 Å². The lowest BCUT2D eigenvalue weighted by Crippen LogP contribution is -1.89. The van der Waals surface area contributed by atoms with Crippen LogP contribution in [-0.4, -0.2) is 0 Å². The SMILES string of the molecule is CC[C](CC)CC#N. The van der Waals surface area contributed by atoms with Gasteiger partial charge in [0, 0.05) is 6.42 Å². The number of rotatable bonds is 3. The Bertz CT molecular complexity index is 76.9. The number of nitrogens with zero attached hydrogens (tertiary/aromatic N) is 1. The topological polar surface area (TPSA) is 23.8 Å². The molecule has 0 amide bonds. The maximum atomic E-state index is 8.23. The molecule has 45 valence electrons. The maximum absolute atomic E-state index is 8.23. The fourth-order valence-electron chi connectivity index (χ4n) is 0.612. The standard InChI is InChI=1S/C7H12N/c1-3-7(4-2)5-6-8/h3-5H2,1-2H3. The first-order valence-corrected chi connectivity index (χ1v) is 3.05. The summed E-state index contributed by atoms with van der Waals surface area (Å²) in [5.74, 6) is 1.35. The van der Waals surface area contributed by atoms with E-state index in [2.05, 4.69) is 19.9 Å². The number of hydrogen-bond donors (Lipinski definition) is 0. The Morgan fingerprint density at radius 2 is 1.88 bits per heavy atom. The van der Waals surface area contributed by atoms with E-state index in [4.69, 9.17) is 5.26 Å². The van der Waals surface area contributed by atoms with E-state index in [0.717, 1.165) is 12.8 Å². The fraction of sp³-hybridized carbons (Fsp3) is 0.714. The van der Waals surface area contributed by atoms with E-state index in [-0.39, 0.29) is 0 Å². The molecule has 0 aromatic rings. The highest BCUT2D eigenvalue weighted by Crippen LogP contribution is 2.12. The summed E-state index contributed by atoms with van der Waals surface area (Å²) in [6.07, 6.45) is 2.76. The molecular weight excluding hydrogens is 98.1 g/mol. The fourth-order valence-corrected chi connectivity index (χ4v) is 0.612. The highest BCUT2D eigenvalue weighted by molar-refractivity contribution is 4.95. The first-order valence-electron chi connectivity index (χ1n) is 3.05. The van der Waals surface area contributed by atoms with Gasteiger partial charge in [0.05, 0.1) is 6.07 Å². The van der Waals surface area contributed by atoms with Crippen molar-refractivity contribution < 1.29 is 0 Å². The summed E-state index contributed by atoms with van der Waals surface area (Å²) in [5.41, 5.74) is 0. The summed E-state index contributed by atoms with van der Waals surface area (Å²) in [4.78, 5) is 0. The molecule has 0 saturated heterocycles. The number of hydrogen-bond acceptors (Lipinski definition) is 1. The van der Waals surface area contributed by atoms with Gasteiger partial charge in [-0.25, -0.2) is 0 Å². The molecule has 8 heavy (non-hydrogen) atoms. The molecule has 1 nitrogen and oxygen atoms in total. The Balaban J connectivity index is 3.25. The summed E-state index contributed by atoms with van der Waals surface area (Å²) >= 11 is 0. The third kappa shape index (κ3) is 2.63. The van der Waals surface area contributed by atoms with E-state index in [1.165, 1.54) is 5.92 Å². The average Bonchev–Trinajstić information content (AvgIpc) is 1.83. The normalized spacial score (nSPS) is 9.25. The Morgan fingerprint density at radius 3 is 2.00 bits per heavy atom. The van der Waals surface area contributed by atoms with Gasteiger partial charge < -0.3 is 0 Å². The van der Waals surface area contributed by atoms with Crippen LogP contribution in [0.15, 0.2) is 0 Å². The second-order valence-electron chi connectivity index (χ2n) is 1.79. The van der Waals surface area contributed by atoms with Crippen LogP contribution in [0.4, 0.5) is 0 Å². The molecule has 0 spiro atoms. The maximum Gasteiger partial charge on any atom is 0.0627 e. The van der Waals surface area contributed by atoms with Crippen LogP contribution in [0.25, 0.3) is 0 Å². The third-order valence-electron chi connectivity index (χ3n) is 1.33. The summed E-state index contributed by atoms with van der Waals surface area (Å²) in [7, 11) is 0. The molecule has 0 unspecified atom stereocenters. The van der Waals surface area contributed by atoms with Crippen LogP contribution in [0.3, 0.4) is 0 Å². The zero-order valence-electron chi connectivity index (χ0n) is 5.57. The lowest BCUT2D eigenvalue weighted by atomic mass is 10.0. The molecule has 0 aliphatic rings. The van der Waals surface area contributed by atoms with Crippen molar-refractivity contribution in [2.24, 2.45) is 0 Å². The summed E-state index contributed by atoms with van der Waals surface area (Å²) in [6, 6.07) is 2.13. The minimum atomic E-state index is 0.646. The van der Waals surface area contributed by atoms with Crippen LogP contribution >= 0.6 is 0 Å². The molecular formula is C7H12N. The van der Waals surface area contributed by atoms with Gasteiger partial charge >= 0.3 is 0 Å². The Kier molecular flexibility index (Phi) is 4.35. The van der Waals surface area contributed by atoms with Crippen molar-refractivity contribution in [2.45, 2.75) is 33.1 Å². The second-order valence-corrected chi connectivity index (χ2v) is 1.79. The van der Waals surface area contributed by atoms with Gasteiger partial charge in [-0.2, -0.15) is 5.26 Å². The van der Waals surface area contributed by atoms with Crippen LogP contribution in [0.1, 0.15) is 33.1 Å². The zero-order valence-corrected chi connectivity index (χ0v) is 5.57. The molecule has 0 fully saturated rings. The Hall–Kier alpha value is -0.510. The van der Waals surface area contributed by atoms with E-state index < -0.39 is 0 Å². The van der Waals surface area contributed by atoms with E-state index in [9.17, 15) is 0 Å². The van der Waals surface area contributed by atoms with E-state index in [1.807, 2.05) is 0 Å². The monoisotopic (exact) mass is 110 g/mol. The average molecular weight is 110 g/mol. The lowest BCUT2D eigenvalue weighted by molar-refractivity contribution is 0.775. The second kappa shape index (κ2) is 4.64. The molecule has 0 saturated carbocycles. The van der Waals surface area contributed by atoms with Crippen LogP contribution < -0.4 is 0 Å². The van der Waals surface area contributed by atoms with Crippen LogP contribution in [-0.2, 0) is 0 Å². The smallest absolute Gasteiger partial charge is 0.0627 e. The van der Waals surface area contributed by atoms with Gasteiger partial charge in [0.1, 0.15) is 0 Å². The molecule has 0 aliphatic carbocycles. The van der Waals surface area contributed by atoms with Gasteiger partial charge in [0.25, 0.3) is 0 Å². The molecule has 1 radical (unpaired) electrons. The van der Waals surface area contributed by atoms with Gasteiger partial charge in [-0.3, -0.25) is 0 Å². The van der Waals surface area contributed by atoms with E-state index in [0.29, 0.717) is 6.42 Å². The molecule has 0 aromatic carbocycles. The first-order chi connectivity index (χ1) is 3.85. The summed E-state index contributed by atoms with van der Waals surface area (Å²) in [5, 5.41) is 8.23. The van der Waals surface area contributed by atoms with Gasteiger partial charge in [-0.15, -0.1) is 0 Å². The third-order valence-corrected chi connectivity index (χ3v) is 1.33. The highest BCUT2D eigenvalue weighted by Gasteiger charge is 2.00. The molecule has 0 bridgehead atoms. The van der Waals surface area contributed by atoms with Crippen molar-refractivity contribution in [3.05, 3.63) is 5.92 Å². The minimum Gasteiger partial charge on any atom is -0.198 e. The molecule has 0 N–H and O–H groups in total. The van der Waals surface area contributed by atoms with Gasteiger partial charge in [0.2, 0.25) is 0 Å². The van der Waals surface area contributed by atoms with Crippen molar-refractivity contribution in [3.8, 4) is 6.07 Å². The Morgan fingerprint density at radius 1 is 1.38 bits per heavy atom. The van der Waals surface area contributed by atoms with Crippen LogP contribution in [0.2, 0.25) is 0 Å². The first kappa shape index (κ1) is 7.49. The lowest BCUT2D eigenvalue weighted by Gasteiger charge is -2.02. The molecule has 0 heterocycles. The van der Waals surface area contributed by atoms with Crippen molar-refractivity contribution >= 4 is 0 Å². The predicted molar refractivity (Wildman–Crippen MR) is 34.1 cm³/mol. The van der Waals surface area contributed by atoms with Gasteiger partial charge in [-0.1, -0.05) is 13.8 Å². The summed E-state index contributed by atoms with van der Waals surface area (Å²) in [6.45, 7) is 4.19. The molecule has 0 aromatic heterocycles. The van der Waals surface area contributed by atoms with Gasteiger partial charge in [0.15, 0.2) is 0 Å². The van der Waals surface area contributed by atoms with E-state index in [1.54, 1.807) is 0 Å². The van der Waals surface area contributed by atoms with Crippen LogP contribution in [0, 0.1) is 17.2 Å². The Labute approximate surface area is 51.3 Å². The van der Waals surface area contributed by atoms with Crippen molar-refractivity contribution in [3.63, 3.8) is 0 Å². The number of nitriles is 1. The quantitative estimate of drug-likeness (QED) is 0.546. The van der Waals surface area contributed by atoms with Crippen LogP contribution in [0.5, 0.6) is 0 Å².